The van der Waals surface area contributed by atoms with Gasteiger partial charge in [-0.3, -0.25) is 23.4 Å². The van der Waals surface area contributed by atoms with Gasteiger partial charge in [0.1, 0.15) is 12.6 Å². The molecule has 0 aliphatic carbocycles. The predicted octanol–water partition coefficient (Wildman–Crippen LogP) is 11.4. The highest BCUT2D eigenvalue weighted by Gasteiger charge is 2.28. The standard InChI is InChI=1S/C46H84NO11P/c1-3-5-7-9-11-13-15-17-18-19-20-22-24-26-28-30-32-36-44(49)55-38-42(39-56-59(53,54)57-40-43(47)46(51)52)58-45(50)37-33-35-41(48)34-31-29-27-25-23-21-16-14-12-10-8-6-4-2/h21,23,27,29,31,34,41-43,48H,3-20,22,24-26,28,30,32-33,35-40,47H2,1-2H3,(H,51,52)(H,53,54)/b23-21+,29-27+,34-31+/t41?,42-,43+/m1/s1. The van der Waals surface area contributed by atoms with E-state index < -0.39 is 63.8 Å². The van der Waals surface area contributed by atoms with Gasteiger partial charge in [0, 0.05) is 12.8 Å². The molecule has 0 rings (SSSR count). The molecule has 0 aliphatic heterocycles. The summed E-state index contributed by atoms with van der Waals surface area (Å²) in [5.41, 5.74) is 5.33. The number of carboxylic acid groups (broad SMARTS) is 1. The molecule has 0 saturated heterocycles. The van der Waals surface area contributed by atoms with E-state index in [1.165, 1.54) is 122 Å². The number of hydrogen-bond acceptors (Lipinski definition) is 10. The molecule has 4 atom stereocenters. The third-order valence-electron chi connectivity index (χ3n) is 10.00. The number of allylic oxidation sites excluding steroid dienone is 5. The van der Waals surface area contributed by atoms with Crippen LogP contribution in [0.15, 0.2) is 36.5 Å². The highest BCUT2D eigenvalue weighted by molar-refractivity contribution is 7.47. The maximum atomic E-state index is 12.6. The van der Waals surface area contributed by atoms with E-state index in [1.54, 1.807) is 12.2 Å². The van der Waals surface area contributed by atoms with Crippen molar-refractivity contribution in [3.63, 3.8) is 0 Å². The Morgan fingerprint density at radius 3 is 1.64 bits per heavy atom. The van der Waals surface area contributed by atoms with E-state index in [-0.39, 0.29) is 12.8 Å². The van der Waals surface area contributed by atoms with Gasteiger partial charge in [-0.05, 0) is 38.5 Å². The lowest BCUT2D eigenvalue weighted by Gasteiger charge is -2.20. The maximum absolute atomic E-state index is 12.6. The maximum Gasteiger partial charge on any atom is 0.472 e. The Morgan fingerprint density at radius 2 is 1.10 bits per heavy atom. The summed E-state index contributed by atoms with van der Waals surface area (Å²) in [5.74, 6) is -2.59. The predicted molar refractivity (Wildman–Crippen MR) is 237 cm³/mol. The number of ether oxygens (including phenoxy) is 2. The number of esters is 2. The van der Waals surface area contributed by atoms with Crippen LogP contribution in [0.3, 0.4) is 0 Å². The monoisotopic (exact) mass is 858 g/mol. The van der Waals surface area contributed by atoms with Crippen LogP contribution in [-0.4, -0.2) is 71.1 Å². The highest BCUT2D eigenvalue weighted by atomic mass is 31.2. The largest absolute Gasteiger partial charge is 0.480 e. The number of phosphoric ester groups is 1. The summed E-state index contributed by atoms with van der Waals surface area (Å²) >= 11 is 0. The average Bonchev–Trinajstić information content (AvgIpc) is 3.20. The average molecular weight is 858 g/mol. The number of aliphatic hydroxyl groups excluding tert-OH is 1. The van der Waals surface area contributed by atoms with Gasteiger partial charge in [0.25, 0.3) is 0 Å². The topological polar surface area (TPSA) is 192 Å². The second-order valence-electron chi connectivity index (χ2n) is 15.7. The molecule has 2 unspecified atom stereocenters. The van der Waals surface area contributed by atoms with Crippen LogP contribution in [0.25, 0.3) is 0 Å². The van der Waals surface area contributed by atoms with Gasteiger partial charge in [-0.15, -0.1) is 0 Å². The van der Waals surface area contributed by atoms with Gasteiger partial charge in [0.05, 0.1) is 19.3 Å². The van der Waals surface area contributed by atoms with Crippen molar-refractivity contribution in [2.75, 3.05) is 19.8 Å². The number of rotatable bonds is 43. The molecule has 0 bridgehead atoms. The van der Waals surface area contributed by atoms with Crippen LogP contribution in [0.1, 0.15) is 200 Å². The van der Waals surface area contributed by atoms with Gasteiger partial charge in [-0.1, -0.05) is 185 Å². The van der Waals surface area contributed by atoms with Crippen molar-refractivity contribution in [3.8, 4) is 0 Å². The first-order valence-electron chi connectivity index (χ1n) is 23.1. The minimum atomic E-state index is -4.77. The van der Waals surface area contributed by atoms with Gasteiger partial charge >= 0.3 is 25.7 Å². The first kappa shape index (κ1) is 56.7. The second-order valence-corrected chi connectivity index (χ2v) is 17.2. The lowest BCUT2D eigenvalue weighted by Crippen LogP contribution is -2.34. The molecule has 0 heterocycles. The Bertz CT molecular complexity index is 1160. The lowest BCUT2D eigenvalue weighted by molar-refractivity contribution is -0.161. The minimum absolute atomic E-state index is 0.0609. The van der Waals surface area contributed by atoms with E-state index >= 15 is 0 Å². The van der Waals surface area contributed by atoms with Crippen LogP contribution >= 0.6 is 7.82 Å². The van der Waals surface area contributed by atoms with Crippen LogP contribution in [-0.2, 0) is 37.5 Å². The van der Waals surface area contributed by atoms with E-state index in [0.717, 1.165) is 32.1 Å². The van der Waals surface area contributed by atoms with Gasteiger partial charge in [-0.25, -0.2) is 4.57 Å². The summed E-state index contributed by atoms with van der Waals surface area (Å²) in [5, 5.41) is 19.2. The molecule has 12 nitrogen and oxygen atoms in total. The number of carbonyl (C=O) groups is 3. The zero-order valence-corrected chi connectivity index (χ0v) is 37.9. The minimum Gasteiger partial charge on any atom is -0.480 e. The molecule has 0 radical (unpaired) electrons. The number of aliphatic hydroxyl groups is 1. The Balaban J connectivity index is 4.49. The summed E-state index contributed by atoms with van der Waals surface area (Å²) < 4.78 is 32.6. The fourth-order valence-electron chi connectivity index (χ4n) is 6.31. The molecule has 0 fully saturated rings. The van der Waals surface area contributed by atoms with E-state index in [2.05, 4.69) is 30.5 Å². The fourth-order valence-corrected chi connectivity index (χ4v) is 7.09. The number of phosphoric acid groups is 1. The molecule has 0 spiro atoms. The zero-order valence-electron chi connectivity index (χ0n) is 37.0. The van der Waals surface area contributed by atoms with Gasteiger partial charge in [0.15, 0.2) is 6.10 Å². The van der Waals surface area contributed by atoms with Crippen molar-refractivity contribution in [3.05, 3.63) is 36.5 Å². The number of carboxylic acids is 1. The molecule has 13 heteroatoms. The lowest BCUT2D eigenvalue weighted by atomic mass is 10.0. The molecular formula is C46H84NO11P. The Labute approximate surface area is 357 Å². The first-order valence-corrected chi connectivity index (χ1v) is 24.6. The van der Waals surface area contributed by atoms with Crippen LogP contribution in [0.5, 0.6) is 0 Å². The highest BCUT2D eigenvalue weighted by Crippen LogP contribution is 2.43. The second kappa shape index (κ2) is 41.0. The van der Waals surface area contributed by atoms with E-state index in [9.17, 15) is 28.9 Å². The van der Waals surface area contributed by atoms with Crippen molar-refractivity contribution in [2.45, 2.75) is 218 Å². The van der Waals surface area contributed by atoms with Crippen molar-refractivity contribution in [2.24, 2.45) is 5.73 Å². The quantitative estimate of drug-likeness (QED) is 0.0149. The zero-order chi connectivity index (χ0) is 43.7. The molecule has 0 aliphatic rings. The van der Waals surface area contributed by atoms with Crippen LogP contribution < -0.4 is 5.73 Å². The van der Waals surface area contributed by atoms with Gasteiger partial charge in [-0.2, -0.15) is 0 Å². The number of hydrogen-bond donors (Lipinski definition) is 4. The number of carbonyl (C=O) groups excluding carboxylic acids is 2. The van der Waals surface area contributed by atoms with E-state index in [4.69, 9.17) is 24.8 Å². The van der Waals surface area contributed by atoms with Crippen LogP contribution in [0.2, 0.25) is 0 Å². The number of unbranched alkanes of at least 4 members (excludes halogenated alkanes) is 22. The van der Waals surface area contributed by atoms with Gasteiger partial charge < -0.3 is 30.3 Å². The summed E-state index contributed by atoms with van der Waals surface area (Å²) in [7, 11) is -4.77. The molecule has 5 N–H and O–H groups in total. The smallest absolute Gasteiger partial charge is 0.472 e. The molecule has 0 aromatic heterocycles. The Hall–Kier alpha value is -2.34. The third-order valence-corrected chi connectivity index (χ3v) is 10.9. The third kappa shape index (κ3) is 40.8. The van der Waals surface area contributed by atoms with Crippen molar-refractivity contribution < 1.29 is 52.6 Å². The van der Waals surface area contributed by atoms with Crippen molar-refractivity contribution in [1.29, 1.82) is 0 Å². The molecule has 59 heavy (non-hydrogen) atoms. The summed E-state index contributed by atoms with van der Waals surface area (Å²) in [6.45, 7) is 2.62. The molecule has 0 aromatic rings. The first-order chi connectivity index (χ1) is 28.5. The molecular weight excluding hydrogens is 773 g/mol. The van der Waals surface area contributed by atoms with Crippen molar-refractivity contribution >= 4 is 25.7 Å². The Morgan fingerprint density at radius 1 is 0.610 bits per heavy atom. The molecule has 344 valence electrons. The molecule has 0 amide bonds. The summed E-state index contributed by atoms with van der Waals surface area (Å²) in [4.78, 5) is 46.0. The van der Waals surface area contributed by atoms with Gasteiger partial charge in [0.2, 0.25) is 0 Å². The normalized spacial score (nSPS) is 14.5. The summed E-state index contributed by atoms with van der Waals surface area (Å²) in [6, 6.07) is -1.55. The van der Waals surface area contributed by atoms with E-state index in [1.807, 2.05) is 12.2 Å². The number of nitrogens with two attached hydrogens (primary N) is 1. The molecule has 0 saturated carbocycles. The van der Waals surface area contributed by atoms with Crippen molar-refractivity contribution in [1.82, 2.24) is 0 Å². The fraction of sp³-hybridized carbons (Fsp3) is 0.804. The SMILES string of the molecule is CCCCCCCC/C=C/C/C=C/C=C/C(O)CCCC(=O)O[C@H](COC(=O)CCCCCCCCCCCCCCCCCCC)COP(=O)(O)OC[C@H](N)C(=O)O. The summed E-state index contributed by atoms with van der Waals surface area (Å²) in [6.07, 6.45) is 41.0. The van der Waals surface area contributed by atoms with Crippen LogP contribution in [0, 0.1) is 0 Å². The Kier molecular flexibility index (Phi) is 39.4. The van der Waals surface area contributed by atoms with E-state index in [0.29, 0.717) is 19.3 Å². The molecule has 0 aromatic carbocycles. The number of aliphatic carboxylic acids is 1. The van der Waals surface area contributed by atoms with Crippen LogP contribution in [0.4, 0.5) is 0 Å².